The summed E-state index contributed by atoms with van der Waals surface area (Å²) in [7, 11) is 1.72. The molecule has 26 heavy (non-hydrogen) atoms. The van der Waals surface area contributed by atoms with E-state index in [4.69, 9.17) is 4.74 Å². The number of rotatable bonds is 6. The van der Waals surface area contributed by atoms with E-state index in [2.05, 4.69) is 34.1 Å². The number of carbonyl (C=O) groups is 1. The van der Waals surface area contributed by atoms with Gasteiger partial charge in [-0.05, 0) is 20.3 Å². The Labute approximate surface area is 151 Å². The van der Waals surface area contributed by atoms with Crippen LogP contribution in [0.4, 0.5) is 0 Å². The van der Waals surface area contributed by atoms with Crippen LogP contribution in [0.2, 0.25) is 0 Å². The number of hydrogen-bond donors (Lipinski definition) is 1. The normalized spacial score (nSPS) is 21.2. The van der Waals surface area contributed by atoms with Gasteiger partial charge in [-0.25, -0.2) is 4.98 Å². The lowest BCUT2D eigenvalue weighted by Crippen LogP contribution is -2.46. The molecule has 1 N–H and O–H groups in total. The third kappa shape index (κ3) is 4.28. The molecule has 9 nitrogen and oxygen atoms in total. The van der Waals surface area contributed by atoms with E-state index in [1.54, 1.807) is 7.05 Å². The van der Waals surface area contributed by atoms with Crippen LogP contribution < -0.4 is 10.9 Å². The molecule has 1 aliphatic heterocycles. The van der Waals surface area contributed by atoms with Gasteiger partial charge in [-0.1, -0.05) is 0 Å². The van der Waals surface area contributed by atoms with Gasteiger partial charge in [0.15, 0.2) is 5.65 Å². The van der Waals surface area contributed by atoms with Gasteiger partial charge in [0.2, 0.25) is 5.91 Å². The molecular formula is C17H26N6O3. The number of hydrogen-bond acceptors (Lipinski definition) is 6. The summed E-state index contributed by atoms with van der Waals surface area (Å²) in [6.07, 6.45) is 4.22. The van der Waals surface area contributed by atoms with Crippen LogP contribution >= 0.6 is 0 Å². The highest BCUT2D eigenvalue weighted by atomic mass is 16.5. The third-order valence-electron chi connectivity index (χ3n) is 4.50. The minimum Gasteiger partial charge on any atom is -0.373 e. The van der Waals surface area contributed by atoms with Gasteiger partial charge in [0.1, 0.15) is 18.3 Å². The van der Waals surface area contributed by atoms with E-state index in [1.807, 2.05) is 0 Å². The molecule has 0 saturated carbocycles. The van der Waals surface area contributed by atoms with Gasteiger partial charge in [-0.15, -0.1) is 0 Å². The van der Waals surface area contributed by atoms with Gasteiger partial charge in [0.25, 0.3) is 5.56 Å². The molecule has 0 aliphatic carbocycles. The lowest BCUT2D eigenvalue weighted by Gasteiger charge is -2.35. The molecule has 3 rings (SSSR count). The largest absolute Gasteiger partial charge is 0.373 e. The zero-order valence-electron chi connectivity index (χ0n) is 15.5. The molecular weight excluding hydrogens is 336 g/mol. The number of amides is 1. The van der Waals surface area contributed by atoms with Crippen molar-refractivity contribution in [2.75, 3.05) is 26.2 Å². The summed E-state index contributed by atoms with van der Waals surface area (Å²) in [4.78, 5) is 31.0. The van der Waals surface area contributed by atoms with Crippen molar-refractivity contribution in [3.63, 3.8) is 0 Å². The predicted octanol–water partition coefficient (Wildman–Crippen LogP) is -0.254. The molecule has 1 fully saturated rings. The van der Waals surface area contributed by atoms with Crippen LogP contribution in [-0.4, -0.2) is 68.5 Å². The molecule has 1 aliphatic rings. The topological polar surface area (TPSA) is 94.3 Å². The number of carbonyl (C=O) groups excluding carboxylic acids is 1. The standard InChI is InChI=1S/C17H26N6O3/c1-12-8-22(9-13(2)26-12)6-4-5-18-15(24)10-23-11-19-16-14(17(23)25)7-20-21(16)3/h7,11-13H,4-6,8-10H2,1-3H3,(H,18,24). The second-order valence-electron chi connectivity index (χ2n) is 6.90. The Hall–Kier alpha value is -2.26. The van der Waals surface area contributed by atoms with E-state index in [0.29, 0.717) is 17.6 Å². The van der Waals surface area contributed by atoms with Gasteiger partial charge in [-0.2, -0.15) is 5.10 Å². The zero-order chi connectivity index (χ0) is 18.7. The van der Waals surface area contributed by atoms with Gasteiger partial charge < -0.3 is 10.1 Å². The molecule has 142 valence electrons. The molecule has 2 unspecified atom stereocenters. The molecule has 9 heteroatoms. The fourth-order valence-electron chi connectivity index (χ4n) is 3.39. The van der Waals surface area contributed by atoms with Crippen molar-refractivity contribution in [1.29, 1.82) is 0 Å². The number of fused-ring (bicyclic) bond motifs is 1. The zero-order valence-corrected chi connectivity index (χ0v) is 15.5. The molecule has 1 saturated heterocycles. The van der Waals surface area contributed by atoms with Crippen molar-refractivity contribution in [3.8, 4) is 0 Å². The first-order chi connectivity index (χ1) is 12.4. The van der Waals surface area contributed by atoms with Crippen molar-refractivity contribution in [2.45, 2.75) is 39.0 Å². The first-order valence-electron chi connectivity index (χ1n) is 8.95. The maximum atomic E-state index is 12.3. The molecule has 0 spiro atoms. The van der Waals surface area contributed by atoms with E-state index in [9.17, 15) is 9.59 Å². The van der Waals surface area contributed by atoms with Crippen LogP contribution in [0.15, 0.2) is 17.3 Å². The van der Waals surface area contributed by atoms with E-state index < -0.39 is 0 Å². The van der Waals surface area contributed by atoms with Crippen molar-refractivity contribution >= 4 is 16.9 Å². The first-order valence-corrected chi connectivity index (χ1v) is 8.95. The Morgan fingerprint density at radius 2 is 2.08 bits per heavy atom. The molecule has 0 aromatic carbocycles. The third-order valence-corrected chi connectivity index (χ3v) is 4.50. The SMILES string of the molecule is CC1CN(CCCNC(=O)Cn2cnc3c(cnn3C)c2=O)CC(C)O1. The maximum absolute atomic E-state index is 12.3. The van der Waals surface area contributed by atoms with Crippen molar-refractivity contribution in [3.05, 3.63) is 22.9 Å². The second kappa shape index (κ2) is 7.96. The Kier molecular flexibility index (Phi) is 5.67. The molecule has 0 bridgehead atoms. The van der Waals surface area contributed by atoms with E-state index in [-0.39, 0.29) is 30.2 Å². The fourth-order valence-corrected chi connectivity index (χ4v) is 3.39. The number of nitrogens with one attached hydrogen (secondary N) is 1. The quantitative estimate of drug-likeness (QED) is 0.712. The molecule has 1 amide bonds. The number of aromatic nitrogens is 4. The Bertz CT molecular complexity index is 820. The molecule has 2 aromatic heterocycles. The van der Waals surface area contributed by atoms with Crippen molar-refractivity contribution < 1.29 is 9.53 Å². The summed E-state index contributed by atoms with van der Waals surface area (Å²) in [6.45, 7) is 7.46. The van der Waals surface area contributed by atoms with Crippen molar-refractivity contribution in [1.82, 2.24) is 29.5 Å². The summed E-state index contributed by atoms with van der Waals surface area (Å²) < 4.78 is 8.56. The fraction of sp³-hybridized carbons (Fsp3) is 0.647. The van der Waals surface area contributed by atoms with Gasteiger partial charge in [0, 0.05) is 33.2 Å². The lowest BCUT2D eigenvalue weighted by molar-refractivity contribution is -0.121. The average molecular weight is 362 g/mol. The van der Waals surface area contributed by atoms with Gasteiger partial charge in [0.05, 0.1) is 18.4 Å². The van der Waals surface area contributed by atoms with Gasteiger partial charge in [-0.3, -0.25) is 23.7 Å². The van der Waals surface area contributed by atoms with E-state index in [1.165, 1.54) is 21.8 Å². The average Bonchev–Trinajstić information content (AvgIpc) is 2.95. The minimum atomic E-state index is -0.255. The Morgan fingerprint density at radius 1 is 1.35 bits per heavy atom. The van der Waals surface area contributed by atoms with Gasteiger partial charge >= 0.3 is 0 Å². The maximum Gasteiger partial charge on any atom is 0.264 e. The summed E-state index contributed by atoms with van der Waals surface area (Å²) in [6, 6.07) is 0. The molecule has 3 heterocycles. The smallest absolute Gasteiger partial charge is 0.264 e. The first kappa shape index (κ1) is 18.5. The number of nitrogens with zero attached hydrogens (tertiary/aromatic N) is 5. The van der Waals surface area contributed by atoms with Crippen LogP contribution in [0.3, 0.4) is 0 Å². The summed E-state index contributed by atoms with van der Waals surface area (Å²) in [5, 5.41) is 7.30. The second-order valence-corrected chi connectivity index (χ2v) is 6.90. The lowest BCUT2D eigenvalue weighted by atomic mass is 10.2. The molecule has 0 radical (unpaired) electrons. The highest BCUT2D eigenvalue weighted by molar-refractivity contribution is 5.77. The van der Waals surface area contributed by atoms with Crippen LogP contribution in [0.1, 0.15) is 20.3 Å². The number of morpholine rings is 1. The summed E-state index contributed by atoms with van der Waals surface area (Å²) >= 11 is 0. The molecule has 2 aromatic rings. The summed E-state index contributed by atoms with van der Waals surface area (Å²) in [5.41, 5.74) is 0.259. The molecule has 2 atom stereocenters. The Balaban J connectivity index is 1.46. The Morgan fingerprint density at radius 3 is 2.81 bits per heavy atom. The highest BCUT2D eigenvalue weighted by Gasteiger charge is 2.21. The van der Waals surface area contributed by atoms with Crippen LogP contribution in [0.5, 0.6) is 0 Å². The summed E-state index contributed by atoms with van der Waals surface area (Å²) in [5.74, 6) is -0.194. The van der Waals surface area contributed by atoms with E-state index >= 15 is 0 Å². The number of aryl methyl sites for hydroxylation is 1. The monoisotopic (exact) mass is 362 g/mol. The van der Waals surface area contributed by atoms with Crippen LogP contribution in [0.25, 0.3) is 11.0 Å². The van der Waals surface area contributed by atoms with Crippen LogP contribution in [-0.2, 0) is 23.1 Å². The van der Waals surface area contributed by atoms with E-state index in [0.717, 1.165) is 26.1 Å². The van der Waals surface area contributed by atoms with Crippen LogP contribution in [0, 0.1) is 0 Å². The number of ether oxygens (including phenoxy) is 1. The highest BCUT2D eigenvalue weighted by Crippen LogP contribution is 2.10. The van der Waals surface area contributed by atoms with Crippen molar-refractivity contribution in [2.24, 2.45) is 7.05 Å². The predicted molar refractivity (Wildman–Crippen MR) is 96.8 cm³/mol. The minimum absolute atomic E-state index is 0.0394.